The van der Waals surface area contributed by atoms with Crippen LogP contribution >= 0.6 is 38.5 Å². The number of carbonyl (C=O) groups is 8. The molecule has 0 aromatic heterocycles. The number of alkyl carbamates (subject to hydrolysis) is 1. The fraction of sp³-hybridized carbons (Fsp3) is 0.382. The van der Waals surface area contributed by atoms with Gasteiger partial charge >= 0.3 is 12.1 Å². The smallest absolute Gasteiger partial charge is 0.408 e. The summed E-state index contributed by atoms with van der Waals surface area (Å²) in [5.74, 6) is -2.21. The summed E-state index contributed by atoms with van der Waals surface area (Å²) in [7, 11) is -2.26. The Morgan fingerprint density at radius 3 is 2.04 bits per heavy atom. The van der Waals surface area contributed by atoms with E-state index in [0.29, 0.717) is 19.3 Å². The molecule has 5 atom stereocenters. The number of ether oxygens (including phenoxy) is 4. The number of nitrogens with zero attached hydrogens (tertiary/aromatic N) is 1. The van der Waals surface area contributed by atoms with Crippen LogP contribution in [0.4, 0.5) is 16.2 Å². The van der Waals surface area contributed by atoms with Crippen LogP contribution in [0.1, 0.15) is 92.1 Å². The first-order chi connectivity index (χ1) is 35.8. The summed E-state index contributed by atoms with van der Waals surface area (Å²) in [5.41, 5.74) is 4.61. The topological polar surface area (TPSA) is 237 Å². The molecule has 1 aliphatic heterocycles. The van der Waals surface area contributed by atoms with E-state index in [1.165, 1.54) is 13.8 Å². The number of imide groups is 1. The first-order valence-electron chi connectivity index (χ1n) is 24.5. The summed E-state index contributed by atoms with van der Waals surface area (Å²) in [4.78, 5) is 111. The summed E-state index contributed by atoms with van der Waals surface area (Å²) in [6.45, 7) is 14.5. The van der Waals surface area contributed by atoms with Crippen LogP contribution in [0, 0.1) is 15.0 Å². The van der Waals surface area contributed by atoms with Gasteiger partial charge in [0.05, 0.1) is 42.3 Å². The Morgan fingerprint density at radius 2 is 1.43 bits per heavy atom. The number of hydrogen-bond acceptors (Lipinski definition) is 12. The van der Waals surface area contributed by atoms with E-state index in [1.54, 1.807) is 88.4 Å². The van der Waals surface area contributed by atoms with Crippen molar-refractivity contribution in [2.24, 2.45) is 0 Å². The lowest BCUT2D eigenvalue weighted by Gasteiger charge is -2.31. The monoisotopic (exact) mass is 1230 g/mol. The van der Waals surface area contributed by atoms with Gasteiger partial charge in [-0.25, -0.2) is 9.59 Å². The molecule has 0 unspecified atom stereocenters. The van der Waals surface area contributed by atoms with Crippen LogP contribution in [0.25, 0.3) is 0 Å². The van der Waals surface area contributed by atoms with Crippen molar-refractivity contribution in [1.29, 1.82) is 0 Å². The highest BCUT2D eigenvalue weighted by atomic mass is 127. The van der Waals surface area contributed by atoms with Crippen LogP contribution in [-0.4, -0.2) is 110 Å². The second-order valence-corrected chi connectivity index (χ2v) is 26.5. The molecule has 5 N–H and O–H groups in total. The largest absolute Gasteiger partial charge is 0.473 e. The number of hydrogen-bond donors (Lipinski definition) is 5. The molecule has 21 heteroatoms. The Balaban J connectivity index is 1.59. The Morgan fingerprint density at radius 1 is 0.789 bits per heavy atom. The highest BCUT2D eigenvalue weighted by molar-refractivity contribution is 14.1. The number of benzene rings is 4. The number of nitrogens with one attached hydrogen (secondary N) is 5. The van der Waals surface area contributed by atoms with Crippen LogP contribution in [0.15, 0.2) is 95.5 Å². The predicted molar refractivity (Wildman–Crippen MR) is 301 cm³/mol. The summed E-state index contributed by atoms with van der Waals surface area (Å²) in [5, 5.41) is 13.7. The molecule has 0 saturated carbocycles. The van der Waals surface area contributed by atoms with Crippen molar-refractivity contribution in [1.82, 2.24) is 20.9 Å². The zero-order valence-electron chi connectivity index (χ0n) is 43.9. The normalized spacial score (nSPS) is 14.1. The van der Waals surface area contributed by atoms with Crippen molar-refractivity contribution in [3.05, 3.63) is 121 Å². The predicted octanol–water partition coefficient (Wildman–Crippen LogP) is 8.10. The third-order valence-electron chi connectivity index (χ3n) is 11.2. The maximum absolute atomic E-state index is 15.1. The zero-order valence-corrected chi connectivity index (χ0v) is 48.6. The number of fused-ring (bicyclic) bond motifs is 1. The van der Waals surface area contributed by atoms with E-state index in [-0.39, 0.29) is 61.1 Å². The van der Waals surface area contributed by atoms with Gasteiger partial charge in [0.25, 0.3) is 11.8 Å². The summed E-state index contributed by atoms with van der Waals surface area (Å²) < 4.78 is 24.9. The van der Waals surface area contributed by atoms with Gasteiger partial charge in [0.1, 0.15) is 31.5 Å². The second kappa shape index (κ2) is 27.4. The van der Waals surface area contributed by atoms with Crippen LogP contribution < -0.4 is 31.3 Å². The molecule has 18 nitrogen and oxygen atoms in total. The van der Waals surface area contributed by atoms with Gasteiger partial charge in [-0.2, -0.15) is 0 Å². The van der Waals surface area contributed by atoms with Crippen molar-refractivity contribution < 1.29 is 57.3 Å². The van der Waals surface area contributed by atoms with Crippen LogP contribution in [0.3, 0.4) is 0 Å². The van der Waals surface area contributed by atoms with Gasteiger partial charge in [-0.05, 0) is 127 Å². The lowest BCUT2D eigenvalue weighted by molar-refractivity contribution is -0.148. The second-order valence-electron chi connectivity index (χ2n) is 19.8. The van der Waals surface area contributed by atoms with Crippen LogP contribution in [0.2, 0.25) is 19.6 Å². The Hall–Kier alpha value is -6.61. The molecule has 0 aliphatic carbocycles. The van der Waals surface area contributed by atoms with E-state index in [4.69, 9.17) is 18.9 Å². The quantitative estimate of drug-likeness (QED) is 0.0165. The van der Waals surface area contributed by atoms with Gasteiger partial charge in [0.15, 0.2) is 12.1 Å². The SMILES string of the molecule is CCOC(=O)[C@@H](NC(=O)[C@H](COCc1ccccc1)NC(=O)[C@@H](NC(=O)OC(C)(C)C)[C@@H](C#C[Si](C)(C)C)Oc1cccc(Br)c1NC(C)=O)[C@@H](CCCN1C(=O)c2ccccc2C1=O)c1ccc(I)c(NC(C)=O)c1. The minimum absolute atomic E-state index is 0.00136. The van der Waals surface area contributed by atoms with Crippen molar-refractivity contribution in [3.63, 3.8) is 0 Å². The van der Waals surface area contributed by atoms with E-state index in [9.17, 15) is 28.8 Å². The average Bonchev–Trinajstić information content (AvgIpc) is 3.58. The summed E-state index contributed by atoms with van der Waals surface area (Å²) in [6, 6.07) is 20.8. The van der Waals surface area contributed by atoms with Gasteiger partial charge in [0, 0.05) is 34.4 Å². The maximum atomic E-state index is 15.1. The van der Waals surface area contributed by atoms with E-state index in [0.717, 1.165) is 10.5 Å². The lowest BCUT2D eigenvalue weighted by Crippen LogP contribution is -2.61. The molecule has 5 rings (SSSR count). The molecule has 76 heavy (non-hydrogen) atoms. The number of anilines is 2. The van der Waals surface area contributed by atoms with Crippen LogP contribution in [-0.2, 0) is 44.8 Å². The Labute approximate surface area is 466 Å². The molecule has 0 saturated heterocycles. The fourth-order valence-electron chi connectivity index (χ4n) is 7.84. The van der Waals surface area contributed by atoms with Crippen molar-refractivity contribution in [2.75, 3.05) is 30.4 Å². The standard InChI is InChI=1S/C55H64BrIN6O12Si/c1-10-73-53(70)46(37(36-25-26-41(57)42(30-36)58-33(2)64)22-17-28-63-51(68)38-20-14-15-21-39(38)52(63)69)61-49(66)43(32-72-31-35-18-12-11-13-19-35)60-50(67)48(62-54(71)75-55(4,5)6)45(27-29-76(7,8)9)74-44-24-16-23-40(56)47(44)59-34(3)65/h11-16,18-21,23-26,30,37,43,45-46,48H,10,17,22,28,31-32H2,1-9H3,(H,58,64)(H,59,65)(H,60,67)(H,61,66)(H,62,71)/t37-,43-,45+,46-,48-/m0/s1. The van der Waals surface area contributed by atoms with Gasteiger partial charge < -0.3 is 45.5 Å². The van der Waals surface area contributed by atoms with Crippen molar-refractivity contribution >= 4 is 105 Å². The first-order valence-corrected chi connectivity index (χ1v) is 29.9. The Kier molecular flexibility index (Phi) is 21.8. The number of rotatable bonds is 22. The van der Waals surface area contributed by atoms with Gasteiger partial charge in [0.2, 0.25) is 23.6 Å². The molecule has 404 valence electrons. The number of halogens is 2. The van der Waals surface area contributed by atoms with Crippen LogP contribution in [0.5, 0.6) is 5.75 Å². The lowest BCUT2D eigenvalue weighted by atomic mass is 9.86. The minimum atomic E-state index is -2.26. The van der Waals surface area contributed by atoms with Gasteiger partial charge in [-0.15, -0.1) is 5.54 Å². The summed E-state index contributed by atoms with van der Waals surface area (Å²) >= 11 is 5.51. The third kappa shape index (κ3) is 17.7. The molecule has 0 radical (unpaired) electrons. The molecule has 7 amide bonds. The molecular weight excluding hydrogens is 1170 g/mol. The van der Waals surface area contributed by atoms with Crippen molar-refractivity contribution in [2.45, 2.75) is 116 Å². The fourth-order valence-corrected chi connectivity index (χ4v) is 9.33. The average molecular weight is 1240 g/mol. The van der Waals surface area contributed by atoms with Gasteiger partial charge in [-0.3, -0.25) is 33.7 Å². The molecule has 0 spiro atoms. The third-order valence-corrected chi connectivity index (χ3v) is 13.6. The molecule has 1 heterocycles. The van der Waals surface area contributed by atoms with Crippen molar-refractivity contribution in [3.8, 4) is 17.2 Å². The highest BCUT2D eigenvalue weighted by Crippen LogP contribution is 2.35. The number of carbonyl (C=O) groups excluding carboxylic acids is 8. The number of para-hydroxylation sites is 1. The van der Waals surface area contributed by atoms with Gasteiger partial charge in [-0.1, -0.05) is 80.2 Å². The molecule has 0 fully saturated rings. The maximum Gasteiger partial charge on any atom is 0.408 e. The highest BCUT2D eigenvalue weighted by Gasteiger charge is 2.40. The number of amides is 7. The molecular formula is C55H64BrIN6O12Si. The Bertz CT molecular complexity index is 2830. The number of esters is 1. The molecule has 4 aromatic carbocycles. The van der Waals surface area contributed by atoms with E-state index in [1.807, 2.05) is 50.0 Å². The first kappa shape index (κ1) is 60.3. The van der Waals surface area contributed by atoms with E-state index < -0.39 is 92.0 Å². The van der Waals surface area contributed by atoms with E-state index >= 15 is 9.59 Å². The molecule has 0 bridgehead atoms. The van der Waals surface area contributed by atoms with E-state index in [2.05, 4.69) is 76.6 Å². The summed E-state index contributed by atoms with van der Waals surface area (Å²) in [6.07, 6.45) is -2.25. The minimum Gasteiger partial charge on any atom is -0.473 e. The molecule has 1 aliphatic rings. The zero-order chi connectivity index (χ0) is 55.9. The molecule has 4 aromatic rings.